The molecule has 0 aromatic heterocycles. The molecule has 5 aromatic carbocycles. The van der Waals surface area contributed by atoms with E-state index in [9.17, 15) is 13.5 Å². The van der Waals surface area contributed by atoms with Crippen molar-refractivity contribution < 1.29 is 23.0 Å². The molecule has 42 heavy (non-hydrogen) atoms. The number of nitrogens with one attached hydrogen (secondary N) is 2. The largest absolute Gasteiger partial charge is 0.491 e. The number of aliphatic hydroxyl groups is 1. The number of aliphatic hydroxyl groups excluding tert-OH is 1. The predicted molar refractivity (Wildman–Crippen MR) is 166 cm³/mol. The molecule has 0 aliphatic heterocycles. The molecule has 3 N–H and O–H groups in total. The van der Waals surface area contributed by atoms with Gasteiger partial charge in [-0.2, -0.15) is 0 Å². The zero-order valence-corrected chi connectivity index (χ0v) is 24.0. The lowest BCUT2D eigenvalue weighted by molar-refractivity contribution is 0.106. The SMILES string of the molecule is O=S(=O)(Nc1ccc(CCNCC(O)COc2ccc(OCc3ccccc3)cc2)cc1)c1ccc2ccccc2c1. The Kier molecular flexibility index (Phi) is 9.71. The average Bonchev–Trinajstić information content (AvgIpc) is 3.02. The van der Waals surface area contributed by atoms with Gasteiger partial charge in [-0.15, -0.1) is 0 Å². The van der Waals surface area contributed by atoms with Crippen molar-refractivity contribution in [1.29, 1.82) is 0 Å². The molecule has 0 fully saturated rings. The third-order valence-electron chi connectivity index (χ3n) is 6.72. The second-order valence-corrected chi connectivity index (χ2v) is 11.7. The highest BCUT2D eigenvalue weighted by Crippen LogP contribution is 2.22. The molecule has 0 bridgehead atoms. The third-order valence-corrected chi connectivity index (χ3v) is 8.10. The summed E-state index contributed by atoms with van der Waals surface area (Å²) < 4.78 is 39.9. The molecule has 1 atom stereocenters. The highest BCUT2D eigenvalue weighted by molar-refractivity contribution is 7.92. The normalized spacial score (nSPS) is 12.1. The summed E-state index contributed by atoms with van der Waals surface area (Å²) in [6.45, 7) is 1.72. The van der Waals surface area contributed by atoms with Crippen LogP contribution in [0.25, 0.3) is 10.8 Å². The lowest BCUT2D eigenvalue weighted by Crippen LogP contribution is -2.32. The number of rotatable bonds is 14. The molecule has 5 rings (SSSR count). The minimum absolute atomic E-state index is 0.170. The highest BCUT2D eigenvalue weighted by atomic mass is 32.2. The Bertz CT molecular complexity index is 1680. The van der Waals surface area contributed by atoms with E-state index in [0.717, 1.165) is 34.1 Å². The second-order valence-electron chi connectivity index (χ2n) is 9.98. The first kappa shape index (κ1) is 29.1. The van der Waals surface area contributed by atoms with Crippen molar-refractivity contribution in [2.24, 2.45) is 0 Å². The summed E-state index contributed by atoms with van der Waals surface area (Å²) in [6, 6.07) is 37.4. The van der Waals surface area contributed by atoms with Gasteiger partial charge in [-0.05, 0) is 83.4 Å². The van der Waals surface area contributed by atoms with E-state index in [4.69, 9.17) is 9.47 Å². The predicted octanol–water partition coefficient (Wildman–Crippen LogP) is 5.79. The third kappa shape index (κ3) is 8.33. The van der Waals surface area contributed by atoms with Crippen molar-refractivity contribution in [3.8, 4) is 11.5 Å². The average molecular weight is 583 g/mol. The van der Waals surface area contributed by atoms with Crippen LogP contribution in [0, 0.1) is 0 Å². The molecule has 8 heteroatoms. The minimum Gasteiger partial charge on any atom is -0.491 e. The van der Waals surface area contributed by atoms with Crippen molar-refractivity contribution in [3.63, 3.8) is 0 Å². The van der Waals surface area contributed by atoms with E-state index in [1.165, 1.54) is 0 Å². The van der Waals surface area contributed by atoms with Gasteiger partial charge in [0.05, 0.1) is 4.90 Å². The summed E-state index contributed by atoms with van der Waals surface area (Å²) in [4.78, 5) is 0.224. The summed E-state index contributed by atoms with van der Waals surface area (Å²) >= 11 is 0. The molecule has 0 spiro atoms. The minimum atomic E-state index is -3.70. The summed E-state index contributed by atoms with van der Waals surface area (Å²) in [5, 5.41) is 15.4. The summed E-state index contributed by atoms with van der Waals surface area (Å²) in [5.74, 6) is 1.42. The Morgan fingerprint density at radius 2 is 1.36 bits per heavy atom. The molecule has 7 nitrogen and oxygen atoms in total. The van der Waals surface area contributed by atoms with Crippen molar-refractivity contribution in [3.05, 3.63) is 132 Å². The Labute approximate surface area is 246 Å². The lowest BCUT2D eigenvalue weighted by Gasteiger charge is -2.14. The van der Waals surface area contributed by atoms with Crippen LogP contribution in [-0.2, 0) is 23.1 Å². The van der Waals surface area contributed by atoms with E-state index in [2.05, 4.69) is 10.0 Å². The molecule has 0 radical (unpaired) electrons. The molecule has 0 heterocycles. The van der Waals surface area contributed by atoms with Gasteiger partial charge in [0, 0.05) is 12.2 Å². The fourth-order valence-electron chi connectivity index (χ4n) is 4.41. The Morgan fingerprint density at radius 3 is 2.10 bits per heavy atom. The number of anilines is 1. The Hall–Kier alpha value is -4.37. The maximum Gasteiger partial charge on any atom is 0.261 e. The lowest BCUT2D eigenvalue weighted by atomic mass is 10.1. The molecular formula is C34H34N2O5S. The first-order chi connectivity index (χ1) is 20.4. The van der Waals surface area contributed by atoms with Gasteiger partial charge in [-0.1, -0.05) is 72.8 Å². The van der Waals surface area contributed by atoms with Crippen LogP contribution in [0.15, 0.2) is 126 Å². The van der Waals surface area contributed by atoms with Crippen molar-refractivity contribution in [1.82, 2.24) is 5.32 Å². The molecule has 0 aliphatic carbocycles. The van der Waals surface area contributed by atoms with Crippen molar-refractivity contribution in [2.45, 2.75) is 24.0 Å². The first-order valence-electron chi connectivity index (χ1n) is 13.8. The Balaban J connectivity index is 1.00. The molecule has 5 aromatic rings. The highest BCUT2D eigenvalue weighted by Gasteiger charge is 2.15. The summed E-state index contributed by atoms with van der Waals surface area (Å²) in [7, 11) is -3.70. The molecule has 0 amide bonds. The molecule has 1 unspecified atom stereocenters. The van der Waals surface area contributed by atoms with Crippen LogP contribution in [0.2, 0.25) is 0 Å². The van der Waals surface area contributed by atoms with Crippen LogP contribution >= 0.6 is 0 Å². The van der Waals surface area contributed by atoms with Gasteiger partial charge >= 0.3 is 0 Å². The van der Waals surface area contributed by atoms with E-state index in [1.807, 2.05) is 97.1 Å². The van der Waals surface area contributed by atoms with Gasteiger partial charge < -0.3 is 19.9 Å². The van der Waals surface area contributed by atoms with Gasteiger partial charge in [-0.3, -0.25) is 4.72 Å². The van der Waals surface area contributed by atoms with Crippen LogP contribution in [0.5, 0.6) is 11.5 Å². The topological polar surface area (TPSA) is 96.9 Å². The van der Waals surface area contributed by atoms with Gasteiger partial charge in [0.2, 0.25) is 0 Å². The fourth-order valence-corrected chi connectivity index (χ4v) is 5.51. The van der Waals surface area contributed by atoms with E-state index < -0.39 is 16.1 Å². The zero-order chi connectivity index (χ0) is 29.2. The Morgan fingerprint density at radius 1 is 0.690 bits per heavy atom. The first-order valence-corrected chi connectivity index (χ1v) is 15.3. The molecule has 0 saturated carbocycles. The maximum absolute atomic E-state index is 12.9. The molecular weight excluding hydrogens is 548 g/mol. The standard InChI is InChI=1S/C34H34N2O5S/c37-31(25-41-33-17-15-32(16-18-33)40-24-27-6-2-1-3-7-27)23-35-21-20-26-10-13-30(14-11-26)36-42(38,39)34-19-12-28-8-4-5-9-29(28)22-34/h1-19,22,31,35-37H,20-21,23-25H2. The number of hydrogen-bond acceptors (Lipinski definition) is 6. The van der Waals surface area contributed by atoms with Gasteiger partial charge in [-0.25, -0.2) is 8.42 Å². The van der Waals surface area contributed by atoms with E-state index in [1.54, 1.807) is 24.3 Å². The monoisotopic (exact) mass is 582 g/mol. The summed E-state index contributed by atoms with van der Waals surface area (Å²) in [6.07, 6.45) is 0.0707. The van der Waals surface area contributed by atoms with Gasteiger partial charge in [0.15, 0.2) is 0 Å². The fraction of sp³-hybridized carbons (Fsp3) is 0.176. The van der Waals surface area contributed by atoms with Crippen LogP contribution in [0.1, 0.15) is 11.1 Å². The van der Waals surface area contributed by atoms with Crippen LogP contribution in [0.4, 0.5) is 5.69 Å². The van der Waals surface area contributed by atoms with Crippen LogP contribution < -0.4 is 19.5 Å². The quantitative estimate of drug-likeness (QED) is 0.143. The zero-order valence-electron chi connectivity index (χ0n) is 23.1. The number of fused-ring (bicyclic) bond motifs is 1. The summed E-state index contributed by atoms with van der Waals surface area (Å²) in [5.41, 5.74) is 2.66. The number of sulfonamides is 1. The smallest absolute Gasteiger partial charge is 0.261 e. The number of benzene rings is 5. The number of hydrogen-bond donors (Lipinski definition) is 3. The second kappa shape index (κ2) is 14.0. The van der Waals surface area contributed by atoms with Crippen molar-refractivity contribution in [2.75, 3.05) is 24.4 Å². The molecule has 0 saturated heterocycles. The maximum atomic E-state index is 12.9. The van der Waals surface area contributed by atoms with Crippen molar-refractivity contribution >= 4 is 26.5 Å². The van der Waals surface area contributed by atoms with Crippen LogP contribution in [0.3, 0.4) is 0 Å². The van der Waals surface area contributed by atoms with Gasteiger partial charge in [0.1, 0.15) is 30.8 Å². The molecule has 216 valence electrons. The van der Waals surface area contributed by atoms with Gasteiger partial charge in [0.25, 0.3) is 10.0 Å². The van der Waals surface area contributed by atoms with E-state index >= 15 is 0 Å². The molecule has 0 aliphatic rings. The van der Waals surface area contributed by atoms with E-state index in [0.29, 0.717) is 31.1 Å². The number of ether oxygens (including phenoxy) is 2. The van der Waals surface area contributed by atoms with E-state index in [-0.39, 0.29) is 11.5 Å². The van der Waals surface area contributed by atoms with Crippen LogP contribution in [-0.4, -0.2) is 39.3 Å².